The summed E-state index contributed by atoms with van der Waals surface area (Å²) in [6.07, 6.45) is 2.19. The van der Waals surface area contributed by atoms with Crippen LogP contribution in [0.15, 0.2) is 18.2 Å². The van der Waals surface area contributed by atoms with Gasteiger partial charge in [0.25, 0.3) is 0 Å². The van der Waals surface area contributed by atoms with Gasteiger partial charge in [-0.05, 0) is 31.0 Å². The number of anilines is 2. The van der Waals surface area contributed by atoms with Gasteiger partial charge in [0.15, 0.2) is 0 Å². The van der Waals surface area contributed by atoms with Gasteiger partial charge in [-0.1, -0.05) is 18.5 Å². The van der Waals surface area contributed by atoms with Crippen molar-refractivity contribution in [1.82, 2.24) is 0 Å². The van der Waals surface area contributed by atoms with Crippen LogP contribution in [-0.2, 0) is 9.59 Å². The standard InChI is InChI=1S/C14H18Cl2N2O2/c1-2-4-13(19)17-10-6-7-11(16)12(9-10)18-14(20)5-3-8-15/h6-7,9H,2-5,8H2,1H3,(H,17,19)(H,18,20). The van der Waals surface area contributed by atoms with Gasteiger partial charge in [0.2, 0.25) is 11.8 Å². The van der Waals surface area contributed by atoms with Gasteiger partial charge in [0.05, 0.1) is 10.7 Å². The largest absolute Gasteiger partial charge is 0.326 e. The van der Waals surface area contributed by atoms with Gasteiger partial charge in [-0.3, -0.25) is 9.59 Å². The van der Waals surface area contributed by atoms with Crippen LogP contribution in [0.2, 0.25) is 5.02 Å². The molecule has 0 heterocycles. The minimum Gasteiger partial charge on any atom is -0.326 e. The van der Waals surface area contributed by atoms with E-state index < -0.39 is 0 Å². The number of hydrogen-bond donors (Lipinski definition) is 2. The second-order valence-corrected chi connectivity index (χ2v) is 5.12. The SMILES string of the molecule is CCCC(=O)Nc1ccc(Cl)c(NC(=O)CCCCl)c1. The lowest BCUT2D eigenvalue weighted by Crippen LogP contribution is -2.13. The van der Waals surface area contributed by atoms with Crippen molar-refractivity contribution in [3.63, 3.8) is 0 Å². The lowest BCUT2D eigenvalue weighted by atomic mass is 10.2. The van der Waals surface area contributed by atoms with E-state index in [2.05, 4.69) is 10.6 Å². The Hall–Kier alpha value is -1.26. The normalized spacial score (nSPS) is 10.2. The number of halogens is 2. The number of benzene rings is 1. The minimum absolute atomic E-state index is 0.0609. The Morgan fingerprint density at radius 2 is 1.85 bits per heavy atom. The highest BCUT2D eigenvalue weighted by Gasteiger charge is 2.08. The maximum atomic E-state index is 11.6. The lowest BCUT2D eigenvalue weighted by molar-refractivity contribution is -0.117. The smallest absolute Gasteiger partial charge is 0.224 e. The van der Waals surface area contributed by atoms with Crippen molar-refractivity contribution in [3.05, 3.63) is 23.2 Å². The molecule has 0 saturated carbocycles. The van der Waals surface area contributed by atoms with Crippen LogP contribution in [0.3, 0.4) is 0 Å². The van der Waals surface area contributed by atoms with E-state index in [0.29, 0.717) is 41.5 Å². The Morgan fingerprint density at radius 3 is 2.50 bits per heavy atom. The summed E-state index contributed by atoms with van der Waals surface area (Å²) in [5.41, 5.74) is 1.10. The van der Waals surface area contributed by atoms with Crippen molar-refractivity contribution < 1.29 is 9.59 Å². The summed E-state index contributed by atoms with van der Waals surface area (Å²) >= 11 is 11.6. The maximum absolute atomic E-state index is 11.6. The fourth-order valence-corrected chi connectivity index (χ4v) is 1.89. The zero-order valence-electron chi connectivity index (χ0n) is 11.3. The number of hydrogen-bond acceptors (Lipinski definition) is 2. The molecule has 1 aromatic carbocycles. The molecule has 1 rings (SSSR count). The average molecular weight is 317 g/mol. The Kier molecular flexibility index (Phi) is 7.41. The molecule has 20 heavy (non-hydrogen) atoms. The van der Waals surface area contributed by atoms with Crippen LogP contribution in [0.1, 0.15) is 32.6 Å². The lowest BCUT2D eigenvalue weighted by Gasteiger charge is -2.10. The number of carbonyl (C=O) groups excluding carboxylic acids is 2. The van der Waals surface area contributed by atoms with E-state index in [1.54, 1.807) is 18.2 Å². The molecule has 0 saturated heterocycles. The molecule has 0 fully saturated rings. The van der Waals surface area contributed by atoms with E-state index in [0.717, 1.165) is 6.42 Å². The number of nitrogens with one attached hydrogen (secondary N) is 2. The van der Waals surface area contributed by atoms with Crippen LogP contribution >= 0.6 is 23.2 Å². The van der Waals surface area contributed by atoms with Gasteiger partial charge in [-0.25, -0.2) is 0 Å². The molecule has 0 aliphatic carbocycles. The average Bonchev–Trinajstić information content (AvgIpc) is 2.40. The topological polar surface area (TPSA) is 58.2 Å². The van der Waals surface area contributed by atoms with Crippen LogP contribution in [0.25, 0.3) is 0 Å². The highest BCUT2D eigenvalue weighted by molar-refractivity contribution is 6.33. The molecule has 6 heteroatoms. The summed E-state index contributed by atoms with van der Waals surface area (Å²) in [7, 11) is 0. The first-order chi connectivity index (χ1) is 9.56. The van der Waals surface area contributed by atoms with E-state index in [4.69, 9.17) is 23.2 Å². The molecule has 0 spiro atoms. The summed E-state index contributed by atoms with van der Waals surface area (Å²) in [6.45, 7) is 1.93. The van der Waals surface area contributed by atoms with Crippen molar-refractivity contribution >= 4 is 46.4 Å². The molecule has 0 aliphatic rings. The molecule has 0 radical (unpaired) electrons. The van der Waals surface area contributed by atoms with Crippen LogP contribution in [0.4, 0.5) is 11.4 Å². The molecular formula is C14H18Cl2N2O2. The van der Waals surface area contributed by atoms with E-state index >= 15 is 0 Å². The first-order valence-electron chi connectivity index (χ1n) is 6.52. The van der Waals surface area contributed by atoms with Gasteiger partial charge in [-0.15, -0.1) is 11.6 Å². The van der Waals surface area contributed by atoms with Crippen molar-refractivity contribution in [3.8, 4) is 0 Å². The second-order valence-electron chi connectivity index (χ2n) is 4.33. The summed E-state index contributed by atoms with van der Waals surface area (Å²) < 4.78 is 0. The van der Waals surface area contributed by atoms with Gasteiger partial charge in [-0.2, -0.15) is 0 Å². The third-order valence-corrected chi connectivity index (χ3v) is 3.14. The van der Waals surface area contributed by atoms with Gasteiger partial charge >= 0.3 is 0 Å². The molecule has 0 aromatic heterocycles. The Labute approximate surface area is 128 Å². The van der Waals surface area contributed by atoms with Crippen LogP contribution < -0.4 is 10.6 Å². The van der Waals surface area contributed by atoms with Crippen molar-refractivity contribution in [2.45, 2.75) is 32.6 Å². The quantitative estimate of drug-likeness (QED) is 0.746. The molecule has 0 atom stereocenters. The van der Waals surface area contributed by atoms with Gasteiger partial charge < -0.3 is 10.6 Å². The molecule has 2 amide bonds. The zero-order valence-corrected chi connectivity index (χ0v) is 12.9. The van der Waals surface area contributed by atoms with Gasteiger partial charge in [0, 0.05) is 24.4 Å². The third kappa shape index (κ3) is 5.80. The summed E-state index contributed by atoms with van der Waals surface area (Å²) in [4.78, 5) is 23.2. The number of rotatable bonds is 7. The molecule has 0 aliphatic heterocycles. The van der Waals surface area contributed by atoms with Crippen LogP contribution in [-0.4, -0.2) is 17.7 Å². The van der Waals surface area contributed by atoms with E-state index in [9.17, 15) is 9.59 Å². The molecule has 0 unspecified atom stereocenters. The predicted molar refractivity (Wildman–Crippen MR) is 83.6 cm³/mol. The maximum Gasteiger partial charge on any atom is 0.224 e. The Balaban J connectivity index is 2.71. The Bertz CT molecular complexity index is 478. The fourth-order valence-electron chi connectivity index (χ4n) is 1.59. The molecule has 110 valence electrons. The number of carbonyl (C=O) groups is 2. The molecule has 4 nitrogen and oxygen atoms in total. The molecular weight excluding hydrogens is 299 g/mol. The fraction of sp³-hybridized carbons (Fsp3) is 0.429. The monoisotopic (exact) mass is 316 g/mol. The summed E-state index contributed by atoms with van der Waals surface area (Å²) in [6, 6.07) is 4.99. The van der Waals surface area contributed by atoms with Crippen LogP contribution in [0.5, 0.6) is 0 Å². The van der Waals surface area contributed by atoms with E-state index in [1.165, 1.54) is 0 Å². The van der Waals surface area contributed by atoms with Crippen molar-refractivity contribution in [1.29, 1.82) is 0 Å². The second kappa shape index (κ2) is 8.82. The van der Waals surface area contributed by atoms with Crippen LogP contribution in [0, 0.1) is 0 Å². The highest BCUT2D eigenvalue weighted by Crippen LogP contribution is 2.26. The van der Waals surface area contributed by atoms with Gasteiger partial charge in [0.1, 0.15) is 0 Å². The molecule has 0 bridgehead atoms. The third-order valence-electron chi connectivity index (χ3n) is 2.54. The first-order valence-corrected chi connectivity index (χ1v) is 7.43. The molecule has 2 N–H and O–H groups in total. The molecule has 1 aromatic rings. The van der Waals surface area contributed by atoms with Crippen molar-refractivity contribution in [2.24, 2.45) is 0 Å². The first kappa shape index (κ1) is 16.8. The van der Waals surface area contributed by atoms with Crippen molar-refractivity contribution in [2.75, 3.05) is 16.5 Å². The number of amides is 2. The summed E-state index contributed by atoms with van der Waals surface area (Å²) in [5, 5.41) is 5.90. The van der Waals surface area contributed by atoms with E-state index in [1.807, 2.05) is 6.92 Å². The van der Waals surface area contributed by atoms with E-state index in [-0.39, 0.29) is 11.8 Å². The summed E-state index contributed by atoms with van der Waals surface area (Å²) in [5.74, 6) is 0.229. The number of alkyl halides is 1. The highest BCUT2D eigenvalue weighted by atomic mass is 35.5. The Morgan fingerprint density at radius 1 is 1.15 bits per heavy atom. The zero-order chi connectivity index (χ0) is 15.0. The predicted octanol–water partition coefficient (Wildman–Crippen LogP) is 4.04. The minimum atomic E-state index is -0.149.